The number of hydrogen-bond donors (Lipinski definition) is 1. The van der Waals surface area contributed by atoms with Gasteiger partial charge in [0.2, 0.25) is 17.6 Å². The van der Waals surface area contributed by atoms with Gasteiger partial charge >= 0.3 is 0 Å². The van der Waals surface area contributed by atoms with Gasteiger partial charge in [0.1, 0.15) is 5.75 Å². The van der Waals surface area contributed by atoms with E-state index < -0.39 is 0 Å². The third-order valence-corrected chi connectivity index (χ3v) is 2.98. The number of nitrogens with zero attached hydrogens (tertiary/aromatic N) is 2. The molecule has 1 aromatic carbocycles. The Bertz CT molecular complexity index is 578. The van der Waals surface area contributed by atoms with E-state index in [-0.39, 0.29) is 5.91 Å². The minimum Gasteiger partial charge on any atom is -0.497 e. The van der Waals surface area contributed by atoms with Crippen LogP contribution in [0.25, 0.3) is 11.4 Å². The molecule has 0 saturated heterocycles. The van der Waals surface area contributed by atoms with Gasteiger partial charge in [-0.25, -0.2) is 0 Å². The van der Waals surface area contributed by atoms with Gasteiger partial charge in [-0.05, 0) is 37.6 Å². The van der Waals surface area contributed by atoms with Crippen molar-refractivity contribution in [1.82, 2.24) is 15.5 Å². The lowest BCUT2D eigenvalue weighted by molar-refractivity contribution is -0.121. The first-order valence-corrected chi connectivity index (χ1v) is 6.96. The lowest BCUT2D eigenvalue weighted by atomic mass is 10.2. The molecule has 1 aromatic heterocycles. The Balaban J connectivity index is 1.90. The van der Waals surface area contributed by atoms with Crippen molar-refractivity contribution in [3.8, 4) is 17.1 Å². The van der Waals surface area contributed by atoms with E-state index in [2.05, 4.69) is 15.5 Å². The van der Waals surface area contributed by atoms with Crippen LogP contribution in [0.4, 0.5) is 0 Å². The topological polar surface area (TPSA) is 77.2 Å². The summed E-state index contributed by atoms with van der Waals surface area (Å²) in [5.74, 6) is 1.92. The summed E-state index contributed by atoms with van der Waals surface area (Å²) in [5.41, 5.74) is 0.870. The Kier molecular flexibility index (Phi) is 5.31. The van der Waals surface area contributed by atoms with E-state index in [9.17, 15) is 4.79 Å². The average Bonchev–Trinajstić information content (AvgIpc) is 2.96. The first-order chi connectivity index (χ1) is 10.2. The van der Waals surface area contributed by atoms with Gasteiger partial charge in [-0.15, -0.1) is 0 Å². The molecule has 0 fully saturated rings. The average molecular weight is 289 g/mol. The van der Waals surface area contributed by atoms with Crippen molar-refractivity contribution in [2.45, 2.75) is 26.2 Å². The van der Waals surface area contributed by atoms with E-state index in [1.165, 1.54) is 0 Å². The van der Waals surface area contributed by atoms with Crippen LogP contribution in [0.1, 0.15) is 25.7 Å². The van der Waals surface area contributed by atoms with Gasteiger partial charge in [0.25, 0.3) is 0 Å². The Morgan fingerprint density at radius 3 is 2.76 bits per heavy atom. The SMILES string of the molecule is CCNC(=O)CCCc1nc(-c2ccc(OC)cc2)no1. The maximum absolute atomic E-state index is 11.3. The number of nitrogens with one attached hydrogen (secondary N) is 1. The van der Waals surface area contributed by atoms with E-state index in [0.29, 0.717) is 37.5 Å². The smallest absolute Gasteiger partial charge is 0.226 e. The first kappa shape index (κ1) is 15.0. The van der Waals surface area contributed by atoms with E-state index >= 15 is 0 Å². The maximum atomic E-state index is 11.3. The number of aryl methyl sites for hydroxylation is 1. The van der Waals surface area contributed by atoms with E-state index in [0.717, 1.165) is 11.3 Å². The van der Waals surface area contributed by atoms with Crippen molar-refractivity contribution in [2.75, 3.05) is 13.7 Å². The molecule has 0 atom stereocenters. The zero-order valence-electron chi connectivity index (χ0n) is 12.3. The van der Waals surface area contributed by atoms with E-state index in [1.54, 1.807) is 7.11 Å². The van der Waals surface area contributed by atoms with Crippen LogP contribution in [-0.4, -0.2) is 29.7 Å². The molecule has 1 amide bonds. The molecule has 0 aliphatic carbocycles. The van der Waals surface area contributed by atoms with Crippen molar-refractivity contribution in [1.29, 1.82) is 0 Å². The molecule has 0 unspecified atom stereocenters. The van der Waals surface area contributed by atoms with Gasteiger partial charge in [0.15, 0.2) is 0 Å². The van der Waals surface area contributed by atoms with Gasteiger partial charge in [0.05, 0.1) is 7.11 Å². The molecule has 0 aliphatic rings. The highest BCUT2D eigenvalue weighted by atomic mass is 16.5. The molecule has 6 heteroatoms. The van der Waals surface area contributed by atoms with Gasteiger partial charge < -0.3 is 14.6 Å². The van der Waals surface area contributed by atoms with Crippen LogP contribution in [0.2, 0.25) is 0 Å². The first-order valence-electron chi connectivity index (χ1n) is 6.96. The third kappa shape index (κ3) is 4.30. The summed E-state index contributed by atoms with van der Waals surface area (Å²) in [6.45, 7) is 2.55. The van der Waals surface area contributed by atoms with Crippen molar-refractivity contribution in [3.05, 3.63) is 30.2 Å². The zero-order chi connectivity index (χ0) is 15.1. The van der Waals surface area contributed by atoms with Crippen LogP contribution in [0.15, 0.2) is 28.8 Å². The van der Waals surface area contributed by atoms with Crippen molar-refractivity contribution in [2.24, 2.45) is 0 Å². The molecular formula is C15H19N3O3. The van der Waals surface area contributed by atoms with Crippen molar-refractivity contribution >= 4 is 5.91 Å². The van der Waals surface area contributed by atoms with E-state index in [4.69, 9.17) is 9.26 Å². The normalized spacial score (nSPS) is 10.4. The number of hydrogen-bond acceptors (Lipinski definition) is 5. The number of carbonyl (C=O) groups excluding carboxylic acids is 1. The Morgan fingerprint density at radius 1 is 1.33 bits per heavy atom. The molecule has 1 heterocycles. The molecule has 0 aliphatic heterocycles. The van der Waals surface area contributed by atoms with Gasteiger partial charge in [-0.3, -0.25) is 4.79 Å². The predicted molar refractivity (Wildman–Crippen MR) is 77.9 cm³/mol. The lowest BCUT2D eigenvalue weighted by Gasteiger charge is -1.99. The van der Waals surface area contributed by atoms with Crippen LogP contribution in [0.3, 0.4) is 0 Å². The number of amides is 1. The van der Waals surface area contributed by atoms with E-state index in [1.807, 2.05) is 31.2 Å². The van der Waals surface area contributed by atoms with Gasteiger partial charge in [0, 0.05) is 24.9 Å². The van der Waals surface area contributed by atoms with Crippen LogP contribution >= 0.6 is 0 Å². The summed E-state index contributed by atoms with van der Waals surface area (Å²) >= 11 is 0. The molecule has 6 nitrogen and oxygen atoms in total. The highest BCUT2D eigenvalue weighted by Crippen LogP contribution is 2.20. The third-order valence-electron chi connectivity index (χ3n) is 2.98. The maximum Gasteiger partial charge on any atom is 0.226 e. The molecule has 0 spiro atoms. The van der Waals surface area contributed by atoms with Crippen LogP contribution in [0, 0.1) is 0 Å². The van der Waals surface area contributed by atoms with Crippen molar-refractivity contribution in [3.63, 3.8) is 0 Å². The molecule has 0 saturated carbocycles. The second-order valence-corrected chi connectivity index (χ2v) is 4.55. The molecule has 0 radical (unpaired) electrons. The number of methoxy groups -OCH3 is 1. The lowest BCUT2D eigenvalue weighted by Crippen LogP contribution is -2.22. The monoisotopic (exact) mass is 289 g/mol. The number of carbonyl (C=O) groups is 1. The van der Waals surface area contributed by atoms with Crippen LogP contribution in [0.5, 0.6) is 5.75 Å². The summed E-state index contributed by atoms with van der Waals surface area (Å²) in [5, 5.41) is 6.70. The van der Waals surface area contributed by atoms with Crippen LogP contribution < -0.4 is 10.1 Å². The largest absolute Gasteiger partial charge is 0.497 e. The molecule has 112 valence electrons. The highest BCUT2D eigenvalue weighted by molar-refractivity contribution is 5.75. The summed E-state index contributed by atoms with van der Waals surface area (Å²) in [4.78, 5) is 15.7. The molecular weight excluding hydrogens is 270 g/mol. The van der Waals surface area contributed by atoms with Crippen LogP contribution in [-0.2, 0) is 11.2 Å². The summed E-state index contributed by atoms with van der Waals surface area (Å²) in [7, 11) is 1.62. The summed E-state index contributed by atoms with van der Waals surface area (Å²) < 4.78 is 10.3. The molecule has 21 heavy (non-hydrogen) atoms. The fourth-order valence-electron chi connectivity index (χ4n) is 1.90. The molecule has 1 N–H and O–H groups in total. The Morgan fingerprint density at radius 2 is 2.10 bits per heavy atom. The second-order valence-electron chi connectivity index (χ2n) is 4.55. The standard InChI is InChI=1S/C15H19N3O3/c1-3-16-13(19)5-4-6-14-17-15(18-21-14)11-7-9-12(20-2)10-8-11/h7-10H,3-6H2,1-2H3,(H,16,19). The quantitative estimate of drug-likeness (QED) is 0.845. The Hall–Kier alpha value is -2.37. The number of rotatable bonds is 7. The fourth-order valence-corrected chi connectivity index (χ4v) is 1.90. The fraction of sp³-hybridized carbons (Fsp3) is 0.400. The molecule has 2 aromatic rings. The zero-order valence-corrected chi connectivity index (χ0v) is 12.3. The molecule has 0 bridgehead atoms. The number of benzene rings is 1. The minimum absolute atomic E-state index is 0.0485. The highest BCUT2D eigenvalue weighted by Gasteiger charge is 2.09. The number of aromatic nitrogens is 2. The van der Waals surface area contributed by atoms with Crippen molar-refractivity contribution < 1.29 is 14.1 Å². The Labute approximate surface area is 123 Å². The minimum atomic E-state index is 0.0485. The number of ether oxygens (including phenoxy) is 1. The second kappa shape index (κ2) is 7.42. The summed E-state index contributed by atoms with van der Waals surface area (Å²) in [6.07, 6.45) is 1.75. The molecule has 2 rings (SSSR count). The van der Waals surface area contributed by atoms with Gasteiger partial charge in [-0.2, -0.15) is 4.98 Å². The summed E-state index contributed by atoms with van der Waals surface area (Å²) in [6, 6.07) is 7.45. The van der Waals surface area contributed by atoms with Gasteiger partial charge in [-0.1, -0.05) is 5.16 Å². The predicted octanol–water partition coefficient (Wildman–Crippen LogP) is 2.20.